The maximum Gasteiger partial charge on any atom is 0.391 e. The molecule has 2 atom stereocenters. The van der Waals surface area contributed by atoms with Crippen LogP contribution in [0.4, 0.5) is 13.2 Å². The van der Waals surface area contributed by atoms with Gasteiger partial charge in [0, 0.05) is 6.04 Å². The molecule has 1 fully saturated rings. The highest BCUT2D eigenvalue weighted by molar-refractivity contribution is 4.83. The molecule has 1 aliphatic rings. The van der Waals surface area contributed by atoms with Crippen molar-refractivity contribution < 1.29 is 13.2 Å². The third-order valence-corrected chi connectivity index (χ3v) is 3.20. The summed E-state index contributed by atoms with van der Waals surface area (Å²) in [5.74, 6) is -1.10. The number of nitrogens with one attached hydrogen (secondary N) is 1. The summed E-state index contributed by atoms with van der Waals surface area (Å²) in [6.45, 7) is 6.87. The average Bonchev–Trinajstić information content (AvgIpc) is 2.13. The minimum atomic E-state index is -4.01. The average molecular weight is 237 g/mol. The molecular formula is C12H22F3N. The van der Waals surface area contributed by atoms with E-state index in [1.807, 2.05) is 0 Å². The molecule has 0 aromatic carbocycles. The van der Waals surface area contributed by atoms with E-state index in [1.54, 1.807) is 0 Å². The van der Waals surface area contributed by atoms with Crippen LogP contribution in [0.3, 0.4) is 0 Å². The van der Waals surface area contributed by atoms with Crippen LogP contribution in [0, 0.1) is 11.3 Å². The van der Waals surface area contributed by atoms with Crippen LogP contribution in [0.5, 0.6) is 0 Å². The quantitative estimate of drug-likeness (QED) is 0.771. The van der Waals surface area contributed by atoms with Crippen molar-refractivity contribution in [1.29, 1.82) is 0 Å². The van der Waals surface area contributed by atoms with Gasteiger partial charge in [0.1, 0.15) is 0 Å². The zero-order valence-electron chi connectivity index (χ0n) is 10.3. The SMILES string of the molecule is CC(C)(C)CCC1CC(C(F)(F)F)CCN1. The van der Waals surface area contributed by atoms with Crippen molar-refractivity contribution in [3.05, 3.63) is 0 Å². The Morgan fingerprint density at radius 3 is 2.31 bits per heavy atom. The van der Waals surface area contributed by atoms with Crippen LogP contribution < -0.4 is 5.32 Å². The van der Waals surface area contributed by atoms with Gasteiger partial charge >= 0.3 is 6.18 Å². The van der Waals surface area contributed by atoms with Crippen molar-refractivity contribution in [3.63, 3.8) is 0 Å². The van der Waals surface area contributed by atoms with Gasteiger partial charge < -0.3 is 5.32 Å². The van der Waals surface area contributed by atoms with Crippen LogP contribution in [0.1, 0.15) is 46.5 Å². The fraction of sp³-hybridized carbons (Fsp3) is 1.00. The Morgan fingerprint density at radius 2 is 1.81 bits per heavy atom. The second-order valence-electron chi connectivity index (χ2n) is 6.01. The topological polar surface area (TPSA) is 12.0 Å². The van der Waals surface area contributed by atoms with Gasteiger partial charge in [-0.05, 0) is 37.6 Å². The highest BCUT2D eigenvalue weighted by Crippen LogP contribution is 2.35. The molecule has 1 rings (SSSR count). The molecule has 1 N–H and O–H groups in total. The molecule has 1 aliphatic heterocycles. The third kappa shape index (κ3) is 4.73. The molecule has 1 heterocycles. The second kappa shape index (κ2) is 4.94. The van der Waals surface area contributed by atoms with Gasteiger partial charge in [-0.15, -0.1) is 0 Å². The van der Waals surface area contributed by atoms with Crippen LogP contribution >= 0.6 is 0 Å². The summed E-state index contributed by atoms with van der Waals surface area (Å²) in [5.41, 5.74) is 0.201. The van der Waals surface area contributed by atoms with Gasteiger partial charge in [0.2, 0.25) is 0 Å². The molecule has 0 amide bonds. The first kappa shape index (κ1) is 13.8. The molecule has 0 aliphatic carbocycles. The lowest BCUT2D eigenvalue weighted by Gasteiger charge is -2.33. The molecule has 2 unspecified atom stereocenters. The van der Waals surface area contributed by atoms with Crippen LogP contribution in [0.25, 0.3) is 0 Å². The molecule has 0 spiro atoms. The summed E-state index contributed by atoms with van der Waals surface area (Å²) in [5, 5.41) is 3.19. The lowest BCUT2D eigenvalue weighted by Crippen LogP contribution is -2.43. The standard InChI is InChI=1S/C12H22F3N/c1-11(2,3)6-4-10-8-9(5-7-16-10)12(13,14)15/h9-10,16H,4-8H2,1-3H3. The van der Waals surface area contributed by atoms with Crippen LogP contribution in [-0.2, 0) is 0 Å². The predicted molar refractivity (Wildman–Crippen MR) is 59.3 cm³/mol. The van der Waals surface area contributed by atoms with E-state index in [2.05, 4.69) is 26.1 Å². The second-order valence-corrected chi connectivity index (χ2v) is 6.01. The van der Waals surface area contributed by atoms with Crippen molar-refractivity contribution in [3.8, 4) is 0 Å². The Morgan fingerprint density at radius 1 is 1.19 bits per heavy atom. The molecule has 96 valence electrons. The maximum atomic E-state index is 12.6. The molecule has 0 aromatic heterocycles. The lowest BCUT2D eigenvalue weighted by molar-refractivity contribution is -0.183. The van der Waals surface area contributed by atoms with Gasteiger partial charge in [-0.25, -0.2) is 0 Å². The summed E-state index contributed by atoms with van der Waals surface area (Å²) < 4.78 is 37.7. The first-order valence-corrected chi connectivity index (χ1v) is 5.98. The molecule has 4 heteroatoms. The molecule has 0 radical (unpaired) electrons. The summed E-state index contributed by atoms with van der Waals surface area (Å²) in [4.78, 5) is 0. The normalized spacial score (nSPS) is 28.1. The minimum Gasteiger partial charge on any atom is -0.314 e. The maximum absolute atomic E-state index is 12.6. The first-order chi connectivity index (χ1) is 7.18. The predicted octanol–water partition coefficient (Wildman–Crippen LogP) is 3.74. The smallest absolute Gasteiger partial charge is 0.314 e. The molecule has 0 aromatic rings. The Balaban J connectivity index is 2.39. The van der Waals surface area contributed by atoms with Gasteiger partial charge in [0.05, 0.1) is 5.92 Å². The zero-order chi connectivity index (χ0) is 12.4. The van der Waals surface area contributed by atoms with E-state index >= 15 is 0 Å². The first-order valence-electron chi connectivity index (χ1n) is 5.98. The van der Waals surface area contributed by atoms with E-state index in [9.17, 15) is 13.2 Å². The monoisotopic (exact) mass is 237 g/mol. The van der Waals surface area contributed by atoms with Crippen LogP contribution in [0.2, 0.25) is 0 Å². The number of hydrogen-bond acceptors (Lipinski definition) is 1. The summed E-state index contributed by atoms with van der Waals surface area (Å²) in [6.07, 6.45) is -1.72. The Kier molecular flexibility index (Phi) is 4.27. The van der Waals surface area contributed by atoms with E-state index in [4.69, 9.17) is 0 Å². The van der Waals surface area contributed by atoms with Crippen molar-refractivity contribution >= 4 is 0 Å². The molecule has 0 saturated carbocycles. The number of piperidine rings is 1. The van der Waals surface area contributed by atoms with Crippen LogP contribution in [-0.4, -0.2) is 18.8 Å². The molecule has 0 bridgehead atoms. The third-order valence-electron chi connectivity index (χ3n) is 3.20. The number of hydrogen-bond donors (Lipinski definition) is 1. The summed E-state index contributed by atoms with van der Waals surface area (Å²) in [6, 6.07) is 0.0413. The van der Waals surface area contributed by atoms with E-state index in [0.717, 1.165) is 12.8 Å². The van der Waals surface area contributed by atoms with Gasteiger partial charge in [-0.1, -0.05) is 20.8 Å². The van der Waals surface area contributed by atoms with E-state index in [0.29, 0.717) is 6.54 Å². The molecule has 16 heavy (non-hydrogen) atoms. The summed E-state index contributed by atoms with van der Waals surface area (Å²) >= 11 is 0. The lowest BCUT2D eigenvalue weighted by atomic mass is 9.84. The van der Waals surface area contributed by atoms with Gasteiger partial charge in [-0.3, -0.25) is 0 Å². The number of alkyl halides is 3. The minimum absolute atomic E-state index is 0.0413. The summed E-state index contributed by atoms with van der Waals surface area (Å²) in [7, 11) is 0. The molecule has 1 nitrogen and oxygen atoms in total. The molecular weight excluding hydrogens is 215 g/mol. The highest BCUT2D eigenvalue weighted by Gasteiger charge is 2.42. The van der Waals surface area contributed by atoms with E-state index in [-0.39, 0.29) is 24.3 Å². The Bertz CT molecular complexity index is 217. The van der Waals surface area contributed by atoms with Gasteiger partial charge in [0.15, 0.2) is 0 Å². The van der Waals surface area contributed by atoms with E-state index in [1.165, 1.54) is 0 Å². The zero-order valence-corrected chi connectivity index (χ0v) is 10.3. The Hall–Kier alpha value is -0.250. The highest BCUT2D eigenvalue weighted by atomic mass is 19.4. The number of rotatable bonds is 2. The van der Waals surface area contributed by atoms with Crippen molar-refractivity contribution in [2.24, 2.45) is 11.3 Å². The fourth-order valence-corrected chi connectivity index (χ4v) is 2.13. The van der Waals surface area contributed by atoms with Crippen molar-refractivity contribution in [2.75, 3.05) is 6.54 Å². The van der Waals surface area contributed by atoms with Crippen molar-refractivity contribution in [2.45, 2.75) is 58.7 Å². The van der Waals surface area contributed by atoms with E-state index < -0.39 is 12.1 Å². The van der Waals surface area contributed by atoms with Crippen LogP contribution in [0.15, 0.2) is 0 Å². The van der Waals surface area contributed by atoms with Gasteiger partial charge in [-0.2, -0.15) is 13.2 Å². The fourth-order valence-electron chi connectivity index (χ4n) is 2.13. The molecule has 1 saturated heterocycles. The van der Waals surface area contributed by atoms with Crippen molar-refractivity contribution in [1.82, 2.24) is 5.32 Å². The Labute approximate surface area is 95.8 Å². The largest absolute Gasteiger partial charge is 0.391 e. The number of halogens is 3. The van der Waals surface area contributed by atoms with Gasteiger partial charge in [0.25, 0.3) is 0 Å².